The van der Waals surface area contributed by atoms with Gasteiger partial charge in [0.05, 0.1) is 12.8 Å². The number of hydrogen-bond donors (Lipinski definition) is 1. The van der Waals surface area contributed by atoms with Gasteiger partial charge < -0.3 is 9.73 Å². The molecule has 0 saturated heterocycles. The number of rotatable bonds is 5. The summed E-state index contributed by atoms with van der Waals surface area (Å²) < 4.78 is 5.12. The topological polar surface area (TPSA) is 42.2 Å². The lowest BCUT2D eigenvalue weighted by Gasteiger charge is -2.11. The Morgan fingerprint density at radius 1 is 1.50 bits per heavy atom. The van der Waals surface area contributed by atoms with Gasteiger partial charge in [-0.05, 0) is 25.0 Å². The summed E-state index contributed by atoms with van der Waals surface area (Å²) in [5.41, 5.74) is 0. The fourth-order valence-corrected chi connectivity index (χ4v) is 1.39. The molecule has 0 saturated carbocycles. The van der Waals surface area contributed by atoms with Crippen molar-refractivity contribution in [3.63, 3.8) is 0 Å². The highest BCUT2D eigenvalue weighted by molar-refractivity contribution is 5.78. The fourth-order valence-electron chi connectivity index (χ4n) is 1.39. The minimum atomic E-state index is 0.117. The molecule has 3 nitrogen and oxygen atoms in total. The summed E-state index contributed by atoms with van der Waals surface area (Å²) in [5, 5.41) is 2.85. The number of amides is 1. The first-order chi connectivity index (χ1) is 6.77. The molecule has 3 heteroatoms. The predicted octanol–water partition coefficient (Wildman–Crippen LogP) is 2.33. The predicted molar refractivity (Wildman–Crippen MR) is 54.6 cm³/mol. The van der Waals surface area contributed by atoms with E-state index in [4.69, 9.17) is 4.42 Å². The molecule has 0 bridgehead atoms. The molecule has 0 aliphatic carbocycles. The molecule has 14 heavy (non-hydrogen) atoms. The van der Waals surface area contributed by atoms with Crippen LogP contribution in [0.1, 0.15) is 32.4 Å². The average Bonchev–Trinajstić information content (AvgIpc) is 2.69. The van der Waals surface area contributed by atoms with Gasteiger partial charge >= 0.3 is 0 Å². The Kier molecular flexibility index (Phi) is 4.23. The van der Waals surface area contributed by atoms with Crippen LogP contribution in [0.15, 0.2) is 22.8 Å². The number of hydrogen-bond acceptors (Lipinski definition) is 2. The van der Waals surface area contributed by atoms with Gasteiger partial charge in [-0.2, -0.15) is 0 Å². The third-order valence-electron chi connectivity index (χ3n) is 2.37. The van der Waals surface area contributed by atoms with Gasteiger partial charge in [0.15, 0.2) is 0 Å². The summed E-state index contributed by atoms with van der Waals surface area (Å²) in [6.07, 6.45) is 3.39. The van der Waals surface area contributed by atoms with Crippen LogP contribution in [0.5, 0.6) is 0 Å². The lowest BCUT2D eigenvalue weighted by molar-refractivity contribution is -0.125. The van der Waals surface area contributed by atoms with Crippen LogP contribution in [0.25, 0.3) is 0 Å². The number of carbonyl (C=O) groups excluding carboxylic acids is 1. The van der Waals surface area contributed by atoms with E-state index >= 15 is 0 Å². The van der Waals surface area contributed by atoms with E-state index in [0.717, 1.165) is 18.6 Å². The Bertz CT molecular complexity index is 263. The number of furan rings is 1. The molecule has 1 N–H and O–H groups in total. The highest BCUT2D eigenvalue weighted by atomic mass is 16.3. The van der Waals surface area contributed by atoms with E-state index < -0.39 is 0 Å². The average molecular weight is 195 g/mol. The van der Waals surface area contributed by atoms with Crippen LogP contribution in [-0.2, 0) is 11.3 Å². The van der Waals surface area contributed by atoms with Gasteiger partial charge in [0.25, 0.3) is 0 Å². The monoisotopic (exact) mass is 195 g/mol. The zero-order chi connectivity index (χ0) is 10.4. The van der Waals surface area contributed by atoms with Crippen LogP contribution in [0.3, 0.4) is 0 Å². The minimum absolute atomic E-state index is 0.117. The summed E-state index contributed by atoms with van der Waals surface area (Å²) in [7, 11) is 0. The molecule has 0 unspecified atom stereocenters. The van der Waals surface area contributed by atoms with E-state index in [1.807, 2.05) is 26.0 Å². The Balaban J connectivity index is 2.34. The molecule has 78 valence electrons. The van der Waals surface area contributed by atoms with Crippen molar-refractivity contribution in [1.82, 2.24) is 5.32 Å². The first kappa shape index (κ1) is 10.8. The van der Waals surface area contributed by atoms with E-state index in [1.54, 1.807) is 6.26 Å². The van der Waals surface area contributed by atoms with Gasteiger partial charge in [0, 0.05) is 5.92 Å². The molecule has 1 aromatic rings. The zero-order valence-corrected chi connectivity index (χ0v) is 8.75. The molecule has 1 heterocycles. The van der Waals surface area contributed by atoms with Gasteiger partial charge in [-0.25, -0.2) is 0 Å². The summed E-state index contributed by atoms with van der Waals surface area (Å²) >= 11 is 0. The van der Waals surface area contributed by atoms with Crippen molar-refractivity contribution >= 4 is 5.91 Å². The zero-order valence-electron chi connectivity index (χ0n) is 8.75. The molecule has 1 rings (SSSR count). The smallest absolute Gasteiger partial charge is 0.223 e. The van der Waals surface area contributed by atoms with Gasteiger partial charge in [0.1, 0.15) is 5.76 Å². The Labute approximate surface area is 84.5 Å². The molecule has 0 spiro atoms. The largest absolute Gasteiger partial charge is 0.467 e. The molecular formula is C11H17NO2. The van der Waals surface area contributed by atoms with Crippen LogP contribution in [0, 0.1) is 5.92 Å². The standard InChI is InChI=1S/C11H17NO2/c1-3-9(4-2)11(13)12-8-10-6-5-7-14-10/h5-7,9H,3-4,8H2,1-2H3,(H,12,13). The van der Waals surface area contributed by atoms with Gasteiger partial charge in [-0.1, -0.05) is 13.8 Å². The molecule has 1 amide bonds. The maximum Gasteiger partial charge on any atom is 0.223 e. The van der Waals surface area contributed by atoms with Crippen LogP contribution < -0.4 is 5.32 Å². The van der Waals surface area contributed by atoms with Crippen molar-refractivity contribution in [2.24, 2.45) is 5.92 Å². The molecular weight excluding hydrogens is 178 g/mol. The second-order valence-corrected chi connectivity index (χ2v) is 3.31. The van der Waals surface area contributed by atoms with E-state index in [2.05, 4.69) is 5.32 Å². The van der Waals surface area contributed by atoms with Crippen LogP contribution in [-0.4, -0.2) is 5.91 Å². The third kappa shape index (κ3) is 2.91. The number of nitrogens with one attached hydrogen (secondary N) is 1. The first-order valence-corrected chi connectivity index (χ1v) is 5.08. The summed E-state index contributed by atoms with van der Waals surface area (Å²) in [6.45, 7) is 4.55. The van der Waals surface area contributed by atoms with Gasteiger partial charge in [-0.15, -0.1) is 0 Å². The lowest BCUT2D eigenvalue weighted by atomic mass is 10.0. The Morgan fingerprint density at radius 2 is 2.21 bits per heavy atom. The molecule has 0 aliphatic heterocycles. The van der Waals surface area contributed by atoms with Gasteiger partial charge in [0.2, 0.25) is 5.91 Å². The molecule has 0 aromatic carbocycles. The van der Waals surface area contributed by atoms with Crippen molar-refractivity contribution in [3.8, 4) is 0 Å². The SMILES string of the molecule is CCC(CC)C(=O)NCc1ccco1. The molecule has 1 aromatic heterocycles. The Hall–Kier alpha value is -1.25. The van der Waals surface area contributed by atoms with E-state index in [9.17, 15) is 4.79 Å². The lowest BCUT2D eigenvalue weighted by Crippen LogP contribution is -2.29. The van der Waals surface area contributed by atoms with Crippen molar-refractivity contribution < 1.29 is 9.21 Å². The first-order valence-electron chi connectivity index (χ1n) is 5.08. The van der Waals surface area contributed by atoms with E-state index in [-0.39, 0.29) is 11.8 Å². The normalized spacial score (nSPS) is 10.5. The molecule has 0 aliphatic rings. The second kappa shape index (κ2) is 5.47. The second-order valence-electron chi connectivity index (χ2n) is 3.31. The summed E-state index contributed by atoms with van der Waals surface area (Å²) in [5.74, 6) is 1.04. The van der Waals surface area contributed by atoms with Crippen LogP contribution >= 0.6 is 0 Å². The van der Waals surface area contributed by atoms with Crippen LogP contribution in [0.4, 0.5) is 0 Å². The van der Waals surface area contributed by atoms with E-state index in [1.165, 1.54) is 0 Å². The van der Waals surface area contributed by atoms with Gasteiger partial charge in [-0.3, -0.25) is 4.79 Å². The van der Waals surface area contributed by atoms with E-state index in [0.29, 0.717) is 6.54 Å². The molecule has 0 atom stereocenters. The van der Waals surface area contributed by atoms with Crippen LogP contribution in [0.2, 0.25) is 0 Å². The highest BCUT2D eigenvalue weighted by Crippen LogP contribution is 2.07. The van der Waals surface area contributed by atoms with Crippen molar-refractivity contribution in [1.29, 1.82) is 0 Å². The Morgan fingerprint density at radius 3 is 2.71 bits per heavy atom. The highest BCUT2D eigenvalue weighted by Gasteiger charge is 2.13. The maximum absolute atomic E-state index is 11.5. The van der Waals surface area contributed by atoms with Crippen molar-refractivity contribution in [3.05, 3.63) is 24.2 Å². The van der Waals surface area contributed by atoms with Crippen molar-refractivity contribution in [2.45, 2.75) is 33.2 Å². The van der Waals surface area contributed by atoms with Crippen molar-refractivity contribution in [2.75, 3.05) is 0 Å². The maximum atomic E-state index is 11.5. The quantitative estimate of drug-likeness (QED) is 0.783. The summed E-state index contributed by atoms with van der Waals surface area (Å²) in [6, 6.07) is 3.67. The molecule has 0 fully saturated rings. The molecule has 0 radical (unpaired) electrons. The fraction of sp³-hybridized carbons (Fsp3) is 0.545. The number of carbonyl (C=O) groups is 1. The summed E-state index contributed by atoms with van der Waals surface area (Å²) in [4.78, 5) is 11.5. The minimum Gasteiger partial charge on any atom is -0.467 e. The third-order valence-corrected chi connectivity index (χ3v) is 2.37.